The quantitative estimate of drug-likeness (QED) is 0.526. The van der Waals surface area contributed by atoms with E-state index in [1.54, 1.807) is 24.7 Å². The fourth-order valence-electron chi connectivity index (χ4n) is 2.28. The number of nitrogens with zero attached hydrogens (tertiary/aromatic N) is 3. The Kier molecular flexibility index (Phi) is 5.94. The Labute approximate surface area is 161 Å². The molecule has 0 radical (unpaired) electrons. The van der Waals surface area contributed by atoms with E-state index in [2.05, 4.69) is 26.2 Å². The van der Waals surface area contributed by atoms with Crippen molar-refractivity contribution in [1.82, 2.24) is 19.8 Å². The second-order valence-corrected chi connectivity index (χ2v) is 7.19. The number of imide groups is 1. The molecule has 2 aromatic heterocycles. The molecule has 3 rings (SSSR count). The Hall–Kier alpha value is -2.33. The van der Waals surface area contributed by atoms with Gasteiger partial charge in [-0.3, -0.25) is 19.3 Å². The predicted molar refractivity (Wildman–Crippen MR) is 98.9 cm³/mol. The van der Waals surface area contributed by atoms with E-state index in [-0.39, 0.29) is 17.4 Å². The van der Waals surface area contributed by atoms with Gasteiger partial charge in [-0.2, -0.15) is 0 Å². The molecule has 0 saturated carbocycles. The normalized spacial score (nSPS) is 15.9. The molecule has 1 saturated heterocycles. The second-order valence-electron chi connectivity index (χ2n) is 5.41. The Morgan fingerprint density at radius 3 is 2.92 bits per heavy atom. The van der Waals surface area contributed by atoms with Gasteiger partial charge in [0.2, 0.25) is 5.91 Å². The van der Waals surface area contributed by atoms with Crippen LogP contribution in [0.4, 0.5) is 4.79 Å². The van der Waals surface area contributed by atoms with E-state index in [9.17, 15) is 14.4 Å². The largest absolute Gasteiger partial charge is 0.450 e. The third-order valence-electron chi connectivity index (χ3n) is 3.52. The van der Waals surface area contributed by atoms with Crippen LogP contribution in [0.3, 0.4) is 0 Å². The van der Waals surface area contributed by atoms with E-state index in [0.717, 1.165) is 29.6 Å². The van der Waals surface area contributed by atoms with Gasteiger partial charge in [0.25, 0.3) is 11.1 Å². The summed E-state index contributed by atoms with van der Waals surface area (Å²) in [4.78, 5) is 41.4. The van der Waals surface area contributed by atoms with Crippen molar-refractivity contribution in [3.8, 4) is 0 Å². The van der Waals surface area contributed by atoms with Crippen LogP contribution in [0.2, 0.25) is 0 Å². The van der Waals surface area contributed by atoms with Gasteiger partial charge in [-0.15, -0.1) is 0 Å². The highest BCUT2D eigenvalue weighted by Crippen LogP contribution is 2.32. The number of carbonyl (C=O) groups excluding carboxylic acids is 3. The van der Waals surface area contributed by atoms with E-state index >= 15 is 0 Å². The predicted octanol–water partition coefficient (Wildman–Crippen LogP) is 2.48. The molecule has 0 bridgehead atoms. The van der Waals surface area contributed by atoms with Crippen LogP contribution in [-0.4, -0.2) is 44.6 Å². The third kappa shape index (κ3) is 4.64. The summed E-state index contributed by atoms with van der Waals surface area (Å²) >= 11 is 3.96. The molecule has 0 aliphatic carbocycles. The van der Waals surface area contributed by atoms with Gasteiger partial charge < -0.3 is 14.3 Å². The molecule has 1 fully saturated rings. The van der Waals surface area contributed by atoms with Gasteiger partial charge in [0, 0.05) is 31.6 Å². The van der Waals surface area contributed by atoms with Crippen LogP contribution in [0.25, 0.3) is 6.08 Å². The molecule has 0 atom stereocenters. The van der Waals surface area contributed by atoms with E-state index in [0.29, 0.717) is 17.0 Å². The standard InChI is InChI=1S/C16H15BrN4O4S/c17-13-3-2-11(25-13)8-12-15(23)21(16(24)26-12)9-14(22)19-4-1-6-20-7-5-18-10-20/h2-3,5,7-8,10H,1,4,6,9H2,(H,19,22). The summed E-state index contributed by atoms with van der Waals surface area (Å²) in [6.45, 7) is 0.877. The molecule has 1 N–H and O–H groups in total. The number of halogens is 1. The molecule has 1 aliphatic heterocycles. The Morgan fingerprint density at radius 2 is 2.23 bits per heavy atom. The summed E-state index contributed by atoms with van der Waals surface area (Å²) in [6.07, 6.45) is 7.43. The van der Waals surface area contributed by atoms with Crippen LogP contribution in [0.1, 0.15) is 12.2 Å². The first-order chi connectivity index (χ1) is 12.5. The maximum absolute atomic E-state index is 12.3. The average molecular weight is 439 g/mol. The molecule has 1 aliphatic rings. The third-order valence-corrected chi connectivity index (χ3v) is 4.85. The van der Waals surface area contributed by atoms with Crippen molar-refractivity contribution in [2.45, 2.75) is 13.0 Å². The zero-order valence-corrected chi connectivity index (χ0v) is 16.0. The van der Waals surface area contributed by atoms with Gasteiger partial charge in [-0.05, 0) is 46.2 Å². The molecule has 26 heavy (non-hydrogen) atoms. The van der Waals surface area contributed by atoms with Crippen molar-refractivity contribution >= 4 is 50.8 Å². The van der Waals surface area contributed by atoms with Crippen molar-refractivity contribution in [1.29, 1.82) is 0 Å². The first kappa shape index (κ1) is 18.5. The van der Waals surface area contributed by atoms with Crippen LogP contribution in [0.5, 0.6) is 0 Å². The van der Waals surface area contributed by atoms with E-state index < -0.39 is 11.1 Å². The second kappa shape index (κ2) is 8.37. The minimum atomic E-state index is -0.499. The van der Waals surface area contributed by atoms with Crippen molar-refractivity contribution < 1.29 is 18.8 Å². The lowest BCUT2D eigenvalue weighted by Crippen LogP contribution is -2.39. The minimum absolute atomic E-state index is 0.227. The monoisotopic (exact) mass is 438 g/mol. The molecule has 3 amide bonds. The number of thioether (sulfide) groups is 1. The number of aryl methyl sites for hydroxylation is 1. The van der Waals surface area contributed by atoms with Gasteiger partial charge >= 0.3 is 0 Å². The van der Waals surface area contributed by atoms with Crippen LogP contribution in [-0.2, 0) is 16.1 Å². The lowest BCUT2D eigenvalue weighted by atomic mass is 10.3. The number of nitrogens with one attached hydrogen (secondary N) is 1. The van der Waals surface area contributed by atoms with Crippen molar-refractivity contribution in [2.75, 3.05) is 13.1 Å². The molecule has 0 unspecified atom stereocenters. The fraction of sp³-hybridized carbons (Fsp3) is 0.250. The SMILES string of the molecule is O=C(CN1C(=O)SC(=Cc2ccc(Br)o2)C1=O)NCCCn1ccnc1. The highest BCUT2D eigenvalue weighted by atomic mass is 79.9. The molecular weight excluding hydrogens is 424 g/mol. The zero-order valence-electron chi connectivity index (χ0n) is 13.6. The summed E-state index contributed by atoms with van der Waals surface area (Å²) in [5.74, 6) is -0.424. The lowest BCUT2D eigenvalue weighted by molar-refractivity contribution is -0.129. The number of aromatic nitrogens is 2. The molecule has 2 aromatic rings. The molecule has 8 nitrogen and oxygen atoms in total. The van der Waals surface area contributed by atoms with Gasteiger partial charge in [0.1, 0.15) is 12.3 Å². The number of amides is 3. The van der Waals surface area contributed by atoms with E-state index in [1.165, 1.54) is 6.08 Å². The van der Waals surface area contributed by atoms with E-state index in [4.69, 9.17) is 4.42 Å². The maximum atomic E-state index is 12.3. The fourth-order valence-corrected chi connectivity index (χ4v) is 3.42. The summed E-state index contributed by atoms with van der Waals surface area (Å²) in [7, 11) is 0. The maximum Gasteiger partial charge on any atom is 0.294 e. The Morgan fingerprint density at radius 1 is 1.38 bits per heavy atom. The average Bonchev–Trinajstić information content (AvgIpc) is 3.31. The Balaban J connectivity index is 1.49. The number of furan rings is 1. The zero-order chi connectivity index (χ0) is 18.5. The van der Waals surface area contributed by atoms with Crippen molar-refractivity contribution in [3.63, 3.8) is 0 Å². The Bertz CT molecular complexity index is 846. The topological polar surface area (TPSA) is 97.4 Å². The summed E-state index contributed by atoms with van der Waals surface area (Å²) in [5, 5.41) is 2.24. The van der Waals surface area contributed by atoms with Gasteiger partial charge in [0.15, 0.2) is 4.67 Å². The molecule has 3 heterocycles. The van der Waals surface area contributed by atoms with Gasteiger partial charge in [-0.25, -0.2) is 4.98 Å². The van der Waals surface area contributed by atoms with E-state index in [1.807, 2.05) is 10.8 Å². The molecular formula is C16H15BrN4O4S. The van der Waals surface area contributed by atoms with Crippen LogP contribution in [0, 0.1) is 0 Å². The van der Waals surface area contributed by atoms with Crippen LogP contribution >= 0.6 is 27.7 Å². The summed E-state index contributed by atoms with van der Waals surface area (Å²) in [6, 6.07) is 3.36. The van der Waals surface area contributed by atoms with Gasteiger partial charge in [0.05, 0.1) is 11.2 Å². The van der Waals surface area contributed by atoms with Crippen molar-refractivity contribution in [3.05, 3.63) is 46.2 Å². The van der Waals surface area contributed by atoms with Gasteiger partial charge in [-0.1, -0.05) is 0 Å². The smallest absolute Gasteiger partial charge is 0.294 e. The number of carbonyl (C=O) groups is 3. The van der Waals surface area contributed by atoms with Crippen molar-refractivity contribution in [2.24, 2.45) is 0 Å². The number of hydrogen-bond donors (Lipinski definition) is 1. The highest BCUT2D eigenvalue weighted by Gasteiger charge is 2.36. The summed E-state index contributed by atoms with van der Waals surface area (Å²) in [5.41, 5.74) is 0. The minimum Gasteiger partial charge on any atom is -0.450 e. The number of hydrogen-bond acceptors (Lipinski definition) is 6. The first-order valence-electron chi connectivity index (χ1n) is 7.76. The molecule has 10 heteroatoms. The summed E-state index contributed by atoms with van der Waals surface area (Å²) < 4.78 is 7.73. The first-order valence-corrected chi connectivity index (χ1v) is 9.37. The number of imidazole rings is 1. The molecule has 136 valence electrons. The van der Waals surface area contributed by atoms with Crippen LogP contribution in [0.15, 0.2) is 44.8 Å². The lowest BCUT2D eigenvalue weighted by Gasteiger charge is -2.12. The highest BCUT2D eigenvalue weighted by molar-refractivity contribution is 9.10. The number of rotatable bonds is 7. The molecule has 0 aromatic carbocycles. The van der Waals surface area contributed by atoms with Crippen LogP contribution < -0.4 is 5.32 Å². The molecule has 0 spiro atoms.